The van der Waals surface area contributed by atoms with E-state index in [2.05, 4.69) is 5.32 Å². The summed E-state index contributed by atoms with van der Waals surface area (Å²) in [6, 6.07) is 13.1. The zero-order valence-electron chi connectivity index (χ0n) is 12.8. The number of nitrogens with zero attached hydrogens (tertiary/aromatic N) is 1. The molecule has 1 aliphatic heterocycles. The molecule has 23 heavy (non-hydrogen) atoms. The summed E-state index contributed by atoms with van der Waals surface area (Å²) in [7, 11) is 1.52. The standard InChI is InChI=1S/C18H18N2O3/c1-23-16-10-11(6-9-15(16)21)17-19-14-5-3-2-4-13(14)18(22)20(17)12-7-8-12/h2-6,9-10,12,17,19,21H,7-8H2,1H3/t17-/m1/s1. The van der Waals surface area contributed by atoms with Gasteiger partial charge in [0.05, 0.1) is 12.7 Å². The molecule has 2 aliphatic rings. The van der Waals surface area contributed by atoms with Gasteiger partial charge in [0.1, 0.15) is 6.17 Å². The first kappa shape index (κ1) is 13.9. The molecule has 5 heteroatoms. The maximum absolute atomic E-state index is 12.9. The number of ether oxygens (including phenoxy) is 1. The number of hydrogen-bond donors (Lipinski definition) is 2. The Morgan fingerprint density at radius 2 is 2.00 bits per heavy atom. The Morgan fingerprint density at radius 3 is 2.74 bits per heavy atom. The molecule has 2 aromatic carbocycles. The van der Waals surface area contributed by atoms with E-state index >= 15 is 0 Å². The highest BCUT2D eigenvalue weighted by Crippen LogP contribution is 2.42. The van der Waals surface area contributed by atoms with E-state index in [4.69, 9.17) is 4.74 Å². The number of methoxy groups -OCH3 is 1. The normalized spacial score (nSPS) is 20.0. The Balaban J connectivity index is 1.79. The fourth-order valence-corrected chi connectivity index (χ4v) is 3.11. The first-order valence-corrected chi connectivity index (χ1v) is 7.74. The quantitative estimate of drug-likeness (QED) is 0.914. The number of carbonyl (C=O) groups is 1. The zero-order valence-corrected chi connectivity index (χ0v) is 12.8. The molecule has 1 atom stereocenters. The van der Waals surface area contributed by atoms with Crippen molar-refractivity contribution in [1.82, 2.24) is 4.90 Å². The second-order valence-electron chi connectivity index (χ2n) is 5.97. The predicted octanol–water partition coefficient (Wildman–Crippen LogP) is 3.13. The first-order valence-electron chi connectivity index (χ1n) is 7.74. The SMILES string of the molecule is COc1cc([C@@H]2Nc3ccccc3C(=O)N2C2CC2)ccc1O. The van der Waals surface area contributed by atoms with Crippen LogP contribution in [-0.2, 0) is 0 Å². The summed E-state index contributed by atoms with van der Waals surface area (Å²) in [5.41, 5.74) is 2.45. The predicted molar refractivity (Wildman–Crippen MR) is 86.7 cm³/mol. The van der Waals surface area contributed by atoms with Crippen molar-refractivity contribution in [2.75, 3.05) is 12.4 Å². The number of carbonyl (C=O) groups excluding carboxylic acids is 1. The molecule has 0 unspecified atom stereocenters. The third-order valence-electron chi connectivity index (χ3n) is 4.42. The number of hydrogen-bond acceptors (Lipinski definition) is 4. The zero-order chi connectivity index (χ0) is 16.0. The number of benzene rings is 2. The molecule has 0 saturated heterocycles. The van der Waals surface area contributed by atoms with Crippen molar-refractivity contribution >= 4 is 11.6 Å². The maximum Gasteiger partial charge on any atom is 0.258 e. The number of nitrogens with one attached hydrogen (secondary N) is 1. The first-order chi connectivity index (χ1) is 11.2. The lowest BCUT2D eigenvalue weighted by Crippen LogP contribution is -2.44. The largest absolute Gasteiger partial charge is 0.504 e. The van der Waals surface area contributed by atoms with E-state index in [-0.39, 0.29) is 23.9 Å². The van der Waals surface area contributed by atoms with Crippen LogP contribution >= 0.6 is 0 Å². The smallest absolute Gasteiger partial charge is 0.258 e. The molecule has 1 saturated carbocycles. The van der Waals surface area contributed by atoms with E-state index < -0.39 is 0 Å². The highest BCUT2D eigenvalue weighted by molar-refractivity contribution is 6.02. The van der Waals surface area contributed by atoms with E-state index in [0.717, 1.165) is 24.1 Å². The minimum atomic E-state index is -0.251. The van der Waals surface area contributed by atoms with Gasteiger partial charge in [-0.15, -0.1) is 0 Å². The Hall–Kier alpha value is -2.69. The van der Waals surface area contributed by atoms with Crippen LogP contribution in [0.25, 0.3) is 0 Å². The number of fused-ring (bicyclic) bond motifs is 1. The van der Waals surface area contributed by atoms with Gasteiger partial charge in [0.15, 0.2) is 11.5 Å². The van der Waals surface area contributed by atoms with Gasteiger partial charge < -0.3 is 20.1 Å². The molecule has 1 heterocycles. The molecule has 2 N–H and O–H groups in total. The summed E-state index contributed by atoms with van der Waals surface area (Å²) in [6.45, 7) is 0. The summed E-state index contributed by atoms with van der Waals surface area (Å²) in [5.74, 6) is 0.557. The number of rotatable bonds is 3. The van der Waals surface area contributed by atoms with Crippen molar-refractivity contribution in [3.63, 3.8) is 0 Å². The van der Waals surface area contributed by atoms with Crippen molar-refractivity contribution in [2.24, 2.45) is 0 Å². The summed E-state index contributed by atoms with van der Waals surface area (Å²) >= 11 is 0. The van der Waals surface area contributed by atoms with Gasteiger partial charge in [0, 0.05) is 11.7 Å². The molecular weight excluding hydrogens is 292 g/mol. The van der Waals surface area contributed by atoms with Crippen LogP contribution in [0.5, 0.6) is 11.5 Å². The second kappa shape index (κ2) is 5.19. The molecule has 0 aromatic heterocycles. The fourth-order valence-electron chi connectivity index (χ4n) is 3.11. The van der Waals surface area contributed by atoms with Crippen LogP contribution in [0.2, 0.25) is 0 Å². The van der Waals surface area contributed by atoms with Crippen LogP contribution < -0.4 is 10.1 Å². The summed E-state index contributed by atoms with van der Waals surface area (Å²) < 4.78 is 5.20. The van der Waals surface area contributed by atoms with Crippen LogP contribution in [-0.4, -0.2) is 29.1 Å². The maximum atomic E-state index is 12.9. The molecule has 0 bridgehead atoms. The van der Waals surface area contributed by atoms with Crippen molar-refractivity contribution in [3.8, 4) is 11.5 Å². The van der Waals surface area contributed by atoms with Gasteiger partial charge in [-0.25, -0.2) is 0 Å². The Morgan fingerprint density at radius 1 is 1.22 bits per heavy atom. The average Bonchev–Trinajstić information content (AvgIpc) is 3.40. The number of anilines is 1. The van der Waals surface area contributed by atoms with Gasteiger partial charge in [-0.1, -0.05) is 18.2 Å². The van der Waals surface area contributed by atoms with E-state index in [1.807, 2.05) is 35.2 Å². The van der Waals surface area contributed by atoms with Gasteiger partial charge >= 0.3 is 0 Å². The highest BCUT2D eigenvalue weighted by Gasteiger charge is 2.42. The van der Waals surface area contributed by atoms with Crippen LogP contribution in [0.1, 0.15) is 34.9 Å². The average molecular weight is 310 g/mol. The van der Waals surface area contributed by atoms with E-state index in [0.29, 0.717) is 11.3 Å². The lowest BCUT2D eigenvalue weighted by Gasteiger charge is -2.38. The molecule has 0 radical (unpaired) electrons. The fraction of sp³-hybridized carbons (Fsp3) is 0.278. The molecule has 1 fully saturated rings. The number of phenolic OH excluding ortho intramolecular Hbond substituents is 1. The Kier molecular flexibility index (Phi) is 3.15. The molecular formula is C18H18N2O3. The number of para-hydroxylation sites is 1. The molecule has 2 aromatic rings. The summed E-state index contributed by atoms with van der Waals surface area (Å²) in [4.78, 5) is 14.8. The second-order valence-corrected chi connectivity index (χ2v) is 5.97. The summed E-state index contributed by atoms with van der Waals surface area (Å²) in [5, 5.41) is 13.3. The number of phenols is 1. The topological polar surface area (TPSA) is 61.8 Å². The third-order valence-corrected chi connectivity index (χ3v) is 4.42. The minimum absolute atomic E-state index is 0.0545. The van der Waals surface area contributed by atoms with Gasteiger partial charge in [0.2, 0.25) is 0 Å². The van der Waals surface area contributed by atoms with Gasteiger partial charge in [-0.05, 0) is 42.7 Å². The third kappa shape index (κ3) is 2.29. The van der Waals surface area contributed by atoms with Crippen LogP contribution in [0, 0.1) is 0 Å². The van der Waals surface area contributed by atoms with Crippen LogP contribution in [0.3, 0.4) is 0 Å². The molecule has 0 spiro atoms. The van der Waals surface area contributed by atoms with Crippen LogP contribution in [0.15, 0.2) is 42.5 Å². The molecule has 4 rings (SSSR count). The van der Waals surface area contributed by atoms with Gasteiger partial charge in [-0.3, -0.25) is 4.79 Å². The van der Waals surface area contributed by atoms with Gasteiger partial charge in [-0.2, -0.15) is 0 Å². The molecule has 118 valence electrons. The van der Waals surface area contributed by atoms with E-state index in [1.54, 1.807) is 12.1 Å². The van der Waals surface area contributed by atoms with E-state index in [1.165, 1.54) is 7.11 Å². The molecule has 1 amide bonds. The molecule has 1 aliphatic carbocycles. The Labute approximate surface area is 134 Å². The van der Waals surface area contributed by atoms with Crippen molar-refractivity contribution < 1.29 is 14.6 Å². The highest BCUT2D eigenvalue weighted by atomic mass is 16.5. The minimum Gasteiger partial charge on any atom is -0.504 e. The van der Waals surface area contributed by atoms with E-state index in [9.17, 15) is 9.90 Å². The lowest BCUT2D eigenvalue weighted by atomic mass is 10.0. The number of aromatic hydroxyl groups is 1. The monoisotopic (exact) mass is 310 g/mol. The van der Waals surface area contributed by atoms with Crippen LogP contribution in [0.4, 0.5) is 5.69 Å². The summed E-state index contributed by atoms with van der Waals surface area (Å²) in [6.07, 6.45) is 1.81. The van der Waals surface area contributed by atoms with Crippen molar-refractivity contribution in [1.29, 1.82) is 0 Å². The number of amides is 1. The molecule has 5 nitrogen and oxygen atoms in total. The van der Waals surface area contributed by atoms with Gasteiger partial charge in [0.25, 0.3) is 5.91 Å². The van der Waals surface area contributed by atoms with Crippen molar-refractivity contribution in [2.45, 2.75) is 25.0 Å². The lowest BCUT2D eigenvalue weighted by molar-refractivity contribution is 0.0666. The Bertz CT molecular complexity index is 771. The van der Waals surface area contributed by atoms with Crippen molar-refractivity contribution in [3.05, 3.63) is 53.6 Å².